The molecule has 0 bridgehead atoms. The van der Waals surface area contributed by atoms with Crippen molar-refractivity contribution in [2.24, 2.45) is 7.05 Å². The van der Waals surface area contributed by atoms with Gasteiger partial charge in [0, 0.05) is 46.0 Å². The van der Waals surface area contributed by atoms with Gasteiger partial charge in [0.15, 0.2) is 0 Å². The van der Waals surface area contributed by atoms with Crippen LogP contribution >= 0.6 is 0 Å². The van der Waals surface area contributed by atoms with Crippen LogP contribution in [0.5, 0.6) is 0 Å². The van der Waals surface area contributed by atoms with Crippen molar-refractivity contribution >= 4 is 15.9 Å². The largest absolute Gasteiger partial charge is 0.465 e. The van der Waals surface area contributed by atoms with Crippen LogP contribution in [-0.4, -0.2) is 74.0 Å². The fourth-order valence-corrected chi connectivity index (χ4v) is 5.96. The molecule has 0 aliphatic carbocycles. The van der Waals surface area contributed by atoms with E-state index >= 15 is 0 Å². The van der Waals surface area contributed by atoms with E-state index in [2.05, 4.69) is 10.2 Å². The Morgan fingerprint density at radius 2 is 1.84 bits per heavy atom. The van der Waals surface area contributed by atoms with Gasteiger partial charge < -0.3 is 19.0 Å². The van der Waals surface area contributed by atoms with E-state index in [1.165, 1.54) is 16.6 Å². The minimum Gasteiger partial charge on any atom is -0.465 e. The van der Waals surface area contributed by atoms with Crippen LogP contribution in [0.1, 0.15) is 47.3 Å². The van der Waals surface area contributed by atoms with Crippen LogP contribution in [0.2, 0.25) is 0 Å². The third kappa shape index (κ3) is 4.93. The zero-order chi connectivity index (χ0) is 22.7. The Labute approximate surface area is 189 Å². The van der Waals surface area contributed by atoms with Crippen molar-refractivity contribution < 1.29 is 22.4 Å². The molecule has 0 spiro atoms. The number of carbonyl (C=O) groups excluding carboxylic acids is 1. The molecule has 0 saturated carbocycles. The average molecular weight is 465 g/mol. The number of aromatic nitrogens is 1. The van der Waals surface area contributed by atoms with Crippen LogP contribution in [-0.2, 0) is 21.8 Å². The monoisotopic (exact) mass is 464 g/mol. The van der Waals surface area contributed by atoms with Crippen molar-refractivity contribution in [3.63, 3.8) is 0 Å². The Bertz CT molecular complexity index is 1030. The van der Waals surface area contributed by atoms with Gasteiger partial charge in [0.1, 0.15) is 22.1 Å². The number of hydrogen-bond acceptors (Lipinski definition) is 6. The van der Waals surface area contributed by atoms with E-state index in [0.717, 1.165) is 43.9 Å². The highest BCUT2D eigenvalue weighted by Gasteiger charge is 2.30. The van der Waals surface area contributed by atoms with Crippen LogP contribution in [0.4, 0.5) is 0 Å². The van der Waals surface area contributed by atoms with E-state index in [-0.39, 0.29) is 16.8 Å². The summed E-state index contributed by atoms with van der Waals surface area (Å²) in [6, 6.07) is 5.21. The van der Waals surface area contributed by atoms with Crippen LogP contribution in [0.25, 0.3) is 0 Å². The van der Waals surface area contributed by atoms with Gasteiger partial charge in [0.2, 0.25) is 10.0 Å². The smallest absolute Gasteiger partial charge is 0.268 e. The van der Waals surface area contributed by atoms with Crippen LogP contribution in [0.3, 0.4) is 0 Å². The van der Waals surface area contributed by atoms with Gasteiger partial charge >= 0.3 is 0 Å². The molecule has 2 aliphatic heterocycles. The number of furan rings is 1. The molecular weight excluding hydrogens is 432 g/mol. The first kappa shape index (κ1) is 23.0. The summed E-state index contributed by atoms with van der Waals surface area (Å²) >= 11 is 0. The first-order valence-electron chi connectivity index (χ1n) is 11.2. The lowest BCUT2D eigenvalue weighted by Crippen LogP contribution is -2.43. The minimum absolute atomic E-state index is 0.117. The van der Waals surface area contributed by atoms with Gasteiger partial charge in [-0.2, -0.15) is 4.31 Å². The summed E-state index contributed by atoms with van der Waals surface area (Å²) < 4.78 is 40.4. The Morgan fingerprint density at radius 3 is 2.50 bits per heavy atom. The number of amides is 1. The molecule has 2 fully saturated rings. The third-order valence-corrected chi connectivity index (χ3v) is 8.06. The van der Waals surface area contributed by atoms with E-state index in [1.807, 2.05) is 19.1 Å². The van der Waals surface area contributed by atoms with Gasteiger partial charge in [-0.05, 0) is 38.0 Å². The number of sulfonamides is 1. The number of nitrogens with zero attached hydrogens (tertiary/aromatic N) is 3. The van der Waals surface area contributed by atoms with Gasteiger partial charge in [-0.3, -0.25) is 9.69 Å². The van der Waals surface area contributed by atoms with Crippen molar-refractivity contribution in [1.29, 1.82) is 0 Å². The standard InChI is InChI=1S/C22H32N4O5S/c1-17-6-7-21(31-17)20(25-10-12-30-13-11-25)15-23-22(27)19-14-18(16-24(19)2)32(28,29)26-8-4-3-5-9-26/h6-7,14,16,20H,3-5,8-13,15H2,1-2H3,(H,23,27). The second-order valence-corrected chi connectivity index (χ2v) is 10.4. The summed E-state index contributed by atoms with van der Waals surface area (Å²) in [6.45, 7) is 6.09. The molecule has 176 valence electrons. The van der Waals surface area contributed by atoms with E-state index in [1.54, 1.807) is 11.6 Å². The van der Waals surface area contributed by atoms with Crippen molar-refractivity contribution in [3.8, 4) is 0 Å². The SMILES string of the molecule is Cc1ccc(C(CNC(=O)c2cc(S(=O)(=O)N3CCCCC3)cn2C)N2CCOCC2)o1. The summed E-state index contributed by atoms with van der Waals surface area (Å²) in [5, 5.41) is 2.98. The average Bonchev–Trinajstić information content (AvgIpc) is 3.41. The van der Waals surface area contributed by atoms with Crippen LogP contribution in [0, 0.1) is 6.92 Å². The second-order valence-electron chi connectivity index (χ2n) is 8.46. The number of morpholine rings is 1. The second kappa shape index (κ2) is 9.78. The predicted octanol–water partition coefficient (Wildman–Crippen LogP) is 1.90. The van der Waals surface area contributed by atoms with Gasteiger partial charge in [0.05, 0.1) is 19.3 Å². The first-order valence-corrected chi connectivity index (χ1v) is 12.6. The summed E-state index contributed by atoms with van der Waals surface area (Å²) in [5.74, 6) is 1.30. The number of nitrogens with one attached hydrogen (secondary N) is 1. The lowest BCUT2D eigenvalue weighted by molar-refractivity contribution is 0.0116. The lowest BCUT2D eigenvalue weighted by Gasteiger charge is -2.33. The molecule has 4 heterocycles. The van der Waals surface area contributed by atoms with Gasteiger partial charge in [-0.15, -0.1) is 0 Å². The van der Waals surface area contributed by atoms with Crippen molar-refractivity contribution in [3.05, 3.63) is 41.6 Å². The van der Waals surface area contributed by atoms with Gasteiger partial charge in [0.25, 0.3) is 5.91 Å². The number of piperidine rings is 1. The molecule has 1 N–H and O–H groups in total. The zero-order valence-electron chi connectivity index (χ0n) is 18.7. The normalized spacial score (nSPS) is 19.7. The van der Waals surface area contributed by atoms with Crippen LogP contribution < -0.4 is 5.32 Å². The number of carbonyl (C=O) groups is 1. The molecule has 1 amide bonds. The molecule has 2 saturated heterocycles. The van der Waals surface area contributed by atoms with E-state index in [0.29, 0.717) is 38.5 Å². The molecule has 2 aromatic rings. The minimum atomic E-state index is -3.59. The maximum Gasteiger partial charge on any atom is 0.268 e. The fraction of sp³-hybridized carbons (Fsp3) is 0.591. The Kier molecular flexibility index (Phi) is 7.04. The fourth-order valence-electron chi connectivity index (χ4n) is 4.37. The number of ether oxygens (including phenoxy) is 1. The van der Waals surface area contributed by atoms with Crippen molar-refractivity contribution in [2.45, 2.75) is 37.1 Å². The molecular formula is C22H32N4O5S. The maximum atomic E-state index is 13.0. The number of aryl methyl sites for hydroxylation is 2. The Hall–Kier alpha value is -2.14. The Morgan fingerprint density at radius 1 is 1.12 bits per heavy atom. The third-order valence-electron chi connectivity index (χ3n) is 6.20. The molecule has 32 heavy (non-hydrogen) atoms. The van der Waals surface area contributed by atoms with Crippen molar-refractivity contribution in [2.75, 3.05) is 45.9 Å². The van der Waals surface area contributed by atoms with Crippen molar-refractivity contribution in [1.82, 2.24) is 19.1 Å². The van der Waals surface area contributed by atoms with E-state index in [9.17, 15) is 13.2 Å². The molecule has 1 atom stereocenters. The molecule has 0 aromatic carbocycles. The highest BCUT2D eigenvalue weighted by molar-refractivity contribution is 7.89. The zero-order valence-corrected chi connectivity index (χ0v) is 19.6. The van der Waals surface area contributed by atoms with Gasteiger partial charge in [-0.25, -0.2) is 8.42 Å². The first-order chi connectivity index (χ1) is 15.4. The molecule has 10 heteroatoms. The number of hydrogen-bond donors (Lipinski definition) is 1. The van der Waals surface area contributed by atoms with Gasteiger partial charge in [-0.1, -0.05) is 6.42 Å². The molecule has 1 unspecified atom stereocenters. The number of rotatable bonds is 7. The Balaban J connectivity index is 1.48. The summed E-state index contributed by atoms with van der Waals surface area (Å²) in [6.07, 6.45) is 4.31. The van der Waals surface area contributed by atoms with Crippen LogP contribution in [0.15, 0.2) is 33.7 Å². The highest BCUT2D eigenvalue weighted by Crippen LogP contribution is 2.25. The molecule has 2 aliphatic rings. The molecule has 2 aromatic heterocycles. The quantitative estimate of drug-likeness (QED) is 0.672. The summed E-state index contributed by atoms with van der Waals surface area (Å²) in [5.41, 5.74) is 0.317. The lowest BCUT2D eigenvalue weighted by atomic mass is 10.1. The highest BCUT2D eigenvalue weighted by atomic mass is 32.2. The molecule has 4 rings (SSSR count). The van der Waals surface area contributed by atoms with E-state index in [4.69, 9.17) is 9.15 Å². The summed E-state index contributed by atoms with van der Waals surface area (Å²) in [7, 11) is -1.90. The predicted molar refractivity (Wildman–Crippen MR) is 119 cm³/mol. The molecule has 9 nitrogen and oxygen atoms in total. The van der Waals surface area contributed by atoms with E-state index < -0.39 is 10.0 Å². The topological polar surface area (TPSA) is 97.0 Å². The molecule has 0 radical (unpaired) electrons. The summed E-state index contributed by atoms with van der Waals surface area (Å²) in [4.78, 5) is 15.4. The maximum absolute atomic E-state index is 13.0.